The molecule has 0 aliphatic heterocycles. The van der Waals surface area contributed by atoms with Crippen molar-refractivity contribution in [1.29, 1.82) is 0 Å². The lowest BCUT2D eigenvalue weighted by molar-refractivity contribution is 0.398. The predicted octanol–water partition coefficient (Wildman–Crippen LogP) is 3.54. The monoisotopic (exact) mass is 331 g/mol. The molecule has 0 radical (unpaired) electrons. The number of aromatic nitrogens is 1. The Hall–Kier alpha value is -2.34. The summed E-state index contributed by atoms with van der Waals surface area (Å²) in [6.07, 6.45) is 2.59. The Morgan fingerprint density at radius 3 is 2.39 bits per heavy atom. The lowest BCUT2D eigenvalue weighted by Gasteiger charge is -2.20. The van der Waals surface area contributed by atoms with Gasteiger partial charge in [0.1, 0.15) is 5.75 Å². The van der Waals surface area contributed by atoms with Gasteiger partial charge in [-0.25, -0.2) is 4.98 Å². The van der Waals surface area contributed by atoms with E-state index in [-0.39, 0.29) is 6.04 Å². The Morgan fingerprint density at radius 1 is 1.13 bits per heavy atom. The van der Waals surface area contributed by atoms with E-state index in [0.717, 1.165) is 23.4 Å². The maximum atomic E-state index is 5.38. The van der Waals surface area contributed by atoms with Gasteiger partial charge < -0.3 is 20.1 Å². The predicted molar refractivity (Wildman–Crippen MR) is 96.2 cm³/mol. The lowest BCUT2D eigenvalue weighted by Crippen LogP contribution is -2.32. The zero-order valence-corrected chi connectivity index (χ0v) is 14.3. The van der Waals surface area contributed by atoms with Crippen molar-refractivity contribution in [3.8, 4) is 11.6 Å². The van der Waals surface area contributed by atoms with Gasteiger partial charge in [0.15, 0.2) is 5.11 Å². The summed E-state index contributed by atoms with van der Waals surface area (Å²) in [6.45, 7) is 2.11. The van der Waals surface area contributed by atoms with Gasteiger partial charge in [-0.1, -0.05) is 19.1 Å². The fraction of sp³-hybridized carbons (Fsp3) is 0.294. The number of methoxy groups -OCH3 is 2. The van der Waals surface area contributed by atoms with E-state index in [4.69, 9.17) is 21.7 Å². The number of pyridine rings is 1. The second-order valence-electron chi connectivity index (χ2n) is 4.92. The molecule has 0 spiro atoms. The van der Waals surface area contributed by atoms with Crippen LogP contribution < -0.4 is 20.1 Å². The van der Waals surface area contributed by atoms with Gasteiger partial charge in [0.05, 0.1) is 32.1 Å². The topological polar surface area (TPSA) is 55.4 Å². The number of anilines is 1. The highest BCUT2D eigenvalue weighted by Crippen LogP contribution is 2.20. The quantitative estimate of drug-likeness (QED) is 0.790. The third-order valence-corrected chi connectivity index (χ3v) is 3.66. The molecule has 0 aliphatic rings. The van der Waals surface area contributed by atoms with Crippen LogP contribution in [0.2, 0.25) is 0 Å². The van der Waals surface area contributed by atoms with Crippen LogP contribution in [0, 0.1) is 0 Å². The molecule has 0 fully saturated rings. The highest BCUT2D eigenvalue weighted by atomic mass is 32.1. The molecule has 6 heteroatoms. The highest BCUT2D eigenvalue weighted by Gasteiger charge is 2.11. The van der Waals surface area contributed by atoms with Gasteiger partial charge in [0, 0.05) is 6.07 Å². The molecule has 1 heterocycles. The molecule has 23 heavy (non-hydrogen) atoms. The smallest absolute Gasteiger partial charge is 0.213 e. The Labute approximate surface area is 142 Å². The fourth-order valence-corrected chi connectivity index (χ4v) is 2.42. The van der Waals surface area contributed by atoms with Crippen molar-refractivity contribution in [3.05, 3.63) is 48.2 Å². The number of rotatable bonds is 6. The maximum absolute atomic E-state index is 5.38. The van der Waals surface area contributed by atoms with E-state index in [1.807, 2.05) is 30.3 Å². The van der Waals surface area contributed by atoms with E-state index >= 15 is 0 Å². The van der Waals surface area contributed by atoms with E-state index < -0.39 is 0 Å². The van der Waals surface area contributed by atoms with Crippen molar-refractivity contribution in [1.82, 2.24) is 10.3 Å². The summed E-state index contributed by atoms with van der Waals surface area (Å²) in [5.41, 5.74) is 1.97. The summed E-state index contributed by atoms with van der Waals surface area (Å²) in [5.74, 6) is 1.41. The summed E-state index contributed by atoms with van der Waals surface area (Å²) in [6, 6.07) is 11.8. The molecule has 1 aromatic heterocycles. The van der Waals surface area contributed by atoms with Crippen LogP contribution in [0.4, 0.5) is 5.69 Å². The van der Waals surface area contributed by atoms with Crippen LogP contribution in [0.3, 0.4) is 0 Å². The summed E-state index contributed by atoms with van der Waals surface area (Å²) in [4.78, 5) is 4.14. The zero-order chi connectivity index (χ0) is 16.7. The van der Waals surface area contributed by atoms with Gasteiger partial charge in [-0.2, -0.15) is 0 Å². The number of nitrogens with one attached hydrogen (secondary N) is 2. The van der Waals surface area contributed by atoms with E-state index in [1.165, 1.54) is 0 Å². The molecular formula is C17H21N3O2S. The van der Waals surface area contributed by atoms with E-state index in [0.29, 0.717) is 11.0 Å². The Kier molecular flexibility index (Phi) is 6.17. The number of thiocarbonyl (C=S) groups is 1. The highest BCUT2D eigenvalue weighted by molar-refractivity contribution is 7.80. The SMILES string of the molecule is CCC(NC(=S)Nc1ccc(OC)nc1)c1ccc(OC)cc1. The first kappa shape index (κ1) is 17.0. The number of ether oxygens (including phenoxy) is 2. The molecule has 0 amide bonds. The molecule has 0 saturated carbocycles. The molecule has 5 nitrogen and oxygen atoms in total. The van der Waals surface area contributed by atoms with Gasteiger partial charge in [-0.15, -0.1) is 0 Å². The minimum atomic E-state index is 0.132. The van der Waals surface area contributed by atoms with E-state index in [2.05, 4.69) is 22.5 Å². The molecule has 2 aromatic rings. The summed E-state index contributed by atoms with van der Waals surface area (Å²) in [7, 11) is 3.24. The average molecular weight is 331 g/mol. The third-order valence-electron chi connectivity index (χ3n) is 3.44. The first-order valence-electron chi connectivity index (χ1n) is 7.37. The molecular weight excluding hydrogens is 310 g/mol. The summed E-state index contributed by atoms with van der Waals surface area (Å²) in [5, 5.41) is 7.00. The van der Waals surface area contributed by atoms with Crippen molar-refractivity contribution in [2.24, 2.45) is 0 Å². The van der Waals surface area contributed by atoms with Crippen molar-refractivity contribution < 1.29 is 9.47 Å². The Morgan fingerprint density at radius 2 is 1.87 bits per heavy atom. The molecule has 1 aromatic carbocycles. The van der Waals surface area contributed by atoms with Gasteiger partial charge in [0.25, 0.3) is 0 Å². The second-order valence-corrected chi connectivity index (χ2v) is 5.33. The fourth-order valence-electron chi connectivity index (χ4n) is 2.16. The summed E-state index contributed by atoms with van der Waals surface area (Å²) >= 11 is 5.38. The molecule has 0 saturated heterocycles. The van der Waals surface area contributed by atoms with Crippen LogP contribution in [0.15, 0.2) is 42.6 Å². The van der Waals surface area contributed by atoms with Crippen LogP contribution in [0.5, 0.6) is 11.6 Å². The first-order valence-corrected chi connectivity index (χ1v) is 7.78. The number of benzene rings is 1. The standard InChI is InChI=1S/C17H21N3O2S/c1-4-15(12-5-8-14(21-2)9-6-12)20-17(23)19-13-7-10-16(22-3)18-11-13/h5-11,15H,4H2,1-3H3,(H2,19,20,23). The average Bonchev–Trinajstić information content (AvgIpc) is 2.60. The number of nitrogens with zero attached hydrogens (tertiary/aromatic N) is 1. The molecule has 2 rings (SSSR count). The summed E-state index contributed by atoms with van der Waals surface area (Å²) < 4.78 is 10.2. The molecule has 0 bridgehead atoms. The van der Waals surface area contributed by atoms with Crippen molar-refractivity contribution in [2.45, 2.75) is 19.4 Å². The minimum absolute atomic E-state index is 0.132. The molecule has 2 N–H and O–H groups in total. The van der Waals surface area contributed by atoms with Crippen molar-refractivity contribution >= 4 is 23.0 Å². The Bertz CT molecular complexity index is 629. The molecule has 1 unspecified atom stereocenters. The van der Waals surface area contributed by atoms with E-state index in [1.54, 1.807) is 26.5 Å². The van der Waals surface area contributed by atoms with Crippen molar-refractivity contribution in [2.75, 3.05) is 19.5 Å². The first-order chi connectivity index (χ1) is 11.2. The van der Waals surface area contributed by atoms with Gasteiger partial charge in [-0.3, -0.25) is 0 Å². The van der Waals surface area contributed by atoms with Crippen LogP contribution >= 0.6 is 12.2 Å². The van der Waals surface area contributed by atoms with Crippen LogP contribution in [-0.4, -0.2) is 24.3 Å². The Balaban J connectivity index is 1.97. The van der Waals surface area contributed by atoms with Gasteiger partial charge >= 0.3 is 0 Å². The third kappa shape index (κ3) is 4.82. The zero-order valence-electron chi connectivity index (χ0n) is 13.5. The van der Waals surface area contributed by atoms with Crippen LogP contribution in [-0.2, 0) is 0 Å². The van der Waals surface area contributed by atoms with Crippen LogP contribution in [0.25, 0.3) is 0 Å². The lowest BCUT2D eigenvalue weighted by atomic mass is 10.0. The maximum Gasteiger partial charge on any atom is 0.213 e. The molecule has 122 valence electrons. The van der Waals surface area contributed by atoms with Gasteiger partial charge in [0.2, 0.25) is 5.88 Å². The van der Waals surface area contributed by atoms with Crippen LogP contribution in [0.1, 0.15) is 24.9 Å². The van der Waals surface area contributed by atoms with E-state index in [9.17, 15) is 0 Å². The number of hydrogen-bond acceptors (Lipinski definition) is 4. The molecule has 1 atom stereocenters. The normalized spacial score (nSPS) is 11.4. The van der Waals surface area contributed by atoms with Gasteiger partial charge in [-0.05, 0) is 42.4 Å². The molecule has 0 aliphatic carbocycles. The largest absolute Gasteiger partial charge is 0.497 e. The second kappa shape index (κ2) is 8.33. The number of hydrogen-bond donors (Lipinski definition) is 2. The minimum Gasteiger partial charge on any atom is -0.497 e. The van der Waals surface area contributed by atoms with Crippen molar-refractivity contribution in [3.63, 3.8) is 0 Å².